The zero-order valence-electron chi connectivity index (χ0n) is 11.9. The van der Waals surface area contributed by atoms with Crippen molar-refractivity contribution in [3.63, 3.8) is 0 Å². The van der Waals surface area contributed by atoms with Gasteiger partial charge in [0.15, 0.2) is 0 Å². The topological polar surface area (TPSA) is 40.5 Å². The van der Waals surface area contributed by atoms with Crippen LogP contribution < -0.4 is 0 Å². The highest BCUT2D eigenvalue weighted by atomic mass is 16.3. The van der Waals surface area contributed by atoms with Crippen molar-refractivity contribution in [3.8, 4) is 0 Å². The third kappa shape index (κ3) is 2.14. The summed E-state index contributed by atoms with van der Waals surface area (Å²) in [6.45, 7) is 5.89. The minimum atomic E-state index is -0.0763. The van der Waals surface area contributed by atoms with Crippen LogP contribution in [0.4, 0.5) is 0 Å². The fraction of sp³-hybridized carbons (Fsp3) is 0.765. The highest BCUT2D eigenvalue weighted by molar-refractivity contribution is 5.19. The molecule has 0 radical (unpaired) electrons. The number of hydrogen-bond donors (Lipinski definition) is 2. The molecule has 3 saturated carbocycles. The summed E-state index contributed by atoms with van der Waals surface area (Å²) in [5.74, 6) is 2.48. The van der Waals surface area contributed by atoms with Crippen LogP contribution in [0.5, 0.6) is 0 Å². The third-order valence-corrected chi connectivity index (χ3v) is 6.23. The predicted molar refractivity (Wildman–Crippen MR) is 76.8 cm³/mol. The van der Waals surface area contributed by atoms with E-state index >= 15 is 0 Å². The van der Waals surface area contributed by atoms with Crippen LogP contribution in [0.1, 0.15) is 51.9 Å². The average molecular weight is 262 g/mol. The molecular formula is C17H26O2. The molecule has 106 valence electrons. The zero-order chi connectivity index (χ0) is 13.6. The van der Waals surface area contributed by atoms with E-state index in [0.717, 1.165) is 37.0 Å². The van der Waals surface area contributed by atoms with Crippen molar-refractivity contribution >= 4 is 0 Å². The van der Waals surface area contributed by atoms with Crippen molar-refractivity contribution in [1.82, 2.24) is 0 Å². The van der Waals surface area contributed by atoms with Crippen molar-refractivity contribution in [2.24, 2.45) is 23.2 Å². The standard InChI is InChI=1S/C17H26O2/c1-11(18)9-12-3-4-14-13(10-12)7-8-17(2)15(14)5-6-16(17)19/h9,13-16,18-19H,1,3-8,10H2,2H3/b12-9-. The van der Waals surface area contributed by atoms with Gasteiger partial charge in [0.05, 0.1) is 6.10 Å². The van der Waals surface area contributed by atoms with Gasteiger partial charge in [-0.2, -0.15) is 0 Å². The van der Waals surface area contributed by atoms with Crippen LogP contribution in [0.25, 0.3) is 0 Å². The van der Waals surface area contributed by atoms with Crippen LogP contribution in [0.15, 0.2) is 24.0 Å². The number of hydrogen-bond acceptors (Lipinski definition) is 2. The number of aliphatic hydroxyl groups is 2. The molecule has 0 aliphatic heterocycles. The van der Waals surface area contributed by atoms with E-state index < -0.39 is 0 Å². The highest BCUT2D eigenvalue weighted by Gasteiger charge is 2.53. The van der Waals surface area contributed by atoms with E-state index in [1.165, 1.54) is 31.3 Å². The molecule has 3 aliphatic carbocycles. The highest BCUT2D eigenvalue weighted by Crippen LogP contribution is 2.59. The summed E-state index contributed by atoms with van der Waals surface area (Å²) < 4.78 is 0. The maximum atomic E-state index is 10.3. The number of allylic oxidation sites excluding steroid dienone is 2. The quantitative estimate of drug-likeness (QED) is 0.702. The number of fused-ring (bicyclic) bond motifs is 3. The number of rotatable bonds is 1. The van der Waals surface area contributed by atoms with Gasteiger partial charge in [0, 0.05) is 0 Å². The molecule has 2 N–H and O–H groups in total. The Kier molecular flexibility index (Phi) is 3.24. The van der Waals surface area contributed by atoms with Gasteiger partial charge in [-0.3, -0.25) is 0 Å². The molecule has 3 aliphatic rings. The van der Waals surface area contributed by atoms with E-state index in [0.29, 0.717) is 0 Å². The summed E-state index contributed by atoms with van der Waals surface area (Å²) in [4.78, 5) is 0. The first kappa shape index (κ1) is 13.2. The van der Waals surface area contributed by atoms with Gasteiger partial charge in [-0.15, -0.1) is 0 Å². The first-order chi connectivity index (χ1) is 9.00. The Bertz CT molecular complexity index is 411. The molecule has 0 saturated heterocycles. The van der Waals surface area contributed by atoms with Crippen LogP contribution in [-0.4, -0.2) is 16.3 Å². The Balaban J connectivity index is 1.77. The summed E-state index contributed by atoms with van der Waals surface area (Å²) in [5, 5.41) is 19.6. The monoisotopic (exact) mass is 262 g/mol. The van der Waals surface area contributed by atoms with Crippen molar-refractivity contribution in [2.45, 2.75) is 58.0 Å². The summed E-state index contributed by atoms with van der Waals surface area (Å²) in [6.07, 6.45) is 9.89. The first-order valence-corrected chi connectivity index (χ1v) is 7.76. The molecule has 0 amide bonds. The lowest BCUT2D eigenvalue weighted by atomic mass is 9.56. The van der Waals surface area contributed by atoms with Gasteiger partial charge in [-0.25, -0.2) is 0 Å². The molecular weight excluding hydrogens is 236 g/mol. The summed E-state index contributed by atoms with van der Waals surface area (Å²) in [5.41, 5.74) is 1.55. The first-order valence-electron chi connectivity index (χ1n) is 7.76. The van der Waals surface area contributed by atoms with Gasteiger partial charge in [0.1, 0.15) is 5.76 Å². The fourth-order valence-electron chi connectivity index (χ4n) is 5.19. The van der Waals surface area contributed by atoms with E-state index in [4.69, 9.17) is 0 Å². The van der Waals surface area contributed by atoms with Gasteiger partial charge < -0.3 is 10.2 Å². The SMILES string of the molecule is C=C(O)/C=C1/CCC2C(CCC3(C)C(O)CCC23)C1. The average Bonchev–Trinajstić information content (AvgIpc) is 2.65. The largest absolute Gasteiger partial charge is 0.509 e. The van der Waals surface area contributed by atoms with E-state index in [9.17, 15) is 10.2 Å². The Labute approximate surface area is 116 Å². The lowest BCUT2D eigenvalue weighted by Crippen LogP contribution is -2.44. The molecule has 0 spiro atoms. The van der Waals surface area contributed by atoms with Gasteiger partial charge >= 0.3 is 0 Å². The molecule has 0 aromatic heterocycles. The normalized spacial score (nSPS) is 47.8. The Hall–Kier alpha value is -0.760. The second-order valence-electron chi connectivity index (χ2n) is 7.20. The van der Waals surface area contributed by atoms with Crippen LogP contribution in [0.3, 0.4) is 0 Å². The molecule has 5 atom stereocenters. The summed E-state index contributed by atoms with van der Waals surface area (Å²) in [6, 6.07) is 0. The minimum Gasteiger partial charge on any atom is -0.509 e. The molecule has 0 heterocycles. The second-order valence-corrected chi connectivity index (χ2v) is 7.20. The lowest BCUT2D eigenvalue weighted by Gasteiger charge is -2.50. The molecule has 0 aromatic rings. The summed E-state index contributed by atoms with van der Waals surface area (Å²) >= 11 is 0. The maximum absolute atomic E-state index is 10.3. The van der Waals surface area contributed by atoms with Crippen molar-refractivity contribution in [1.29, 1.82) is 0 Å². The van der Waals surface area contributed by atoms with Crippen molar-refractivity contribution in [3.05, 3.63) is 24.0 Å². The lowest BCUT2D eigenvalue weighted by molar-refractivity contribution is -0.0395. The summed E-state index contributed by atoms with van der Waals surface area (Å²) in [7, 11) is 0. The molecule has 2 heteroatoms. The molecule has 3 rings (SSSR count). The number of aliphatic hydroxyl groups excluding tert-OH is 2. The molecule has 2 nitrogen and oxygen atoms in total. The van der Waals surface area contributed by atoms with Crippen LogP contribution in [-0.2, 0) is 0 Å². The van der Waals surface area contributed by atoms with Gasteiger partial charge in [0.25, 0.3) is 0 Å². The Morgan fingerprint density at radius 2 is 2.11 bits per heavy atom. The van der Waals surface area contributed by atoms with Crippen LogP contribution in [0, 0.1) is 23.2 Å². The van der Waals surface area contributed by atoms with E-state index in [1.54, 1.807) is 0 Å². The third-order valence-electron chi connectivity index (χ3n) is 6.23. The van der Waals surface area contributed by atoms with Crippen LogP contribution >= 0.6 is 0 Å². The van der Waals surface area contributed by atoms with Crippen LogP contribution in [0.2, 0.25) is 0 Å². The van der Waals surface area contributed by atoms with Gasteiger partial charge in [0.2, 0.25) is 0 Å². The Morgan fingerprint density at radius 3 is 2.84 bits per heavy atom. The minimum absolute atomic E-state index is 0.0763. The van der Waals surface area contributed by atoms with Crippen molar-refractivity contribution in [2.75, 3.05) is 0 Å². The molecule has 5 unspecified atom stereocenters. The zero-order valence-corrected chi connectivity index (χ0v) is 11.9. The van der Waals surface area contributed by atoms with E-state index in [-0.39, 0.29) is 17.3 Å². The van der Waals surface area contributed by atoms with Gasteiger partial charge in [-0.05, 0) is 74.2 Å². The molecule has 0 aromatic carbocycles. The second kappa shape index (κ2) is 4.66. The van der Waals surface area contributed by atoms with E-state index in [1.807, 2.05) is 6.08 Å². The Morgan fingerprint density at radius 1 is 1.32 bits per heavy atom. The maximum Gasteiger partial charge on any atom is 0.108 e. The predicted octanol–water partition coefficient (Wildman–Crippen LogP) is 3.97. The smallest absolute Gasteiger partial charge is 0.108 e. The van der Waals surface area contributed by atoms with Crippen molar-refractivity contribution < 1.29 is 10.2 Å². The fourth-order valence-corrected chi connectivity index (χ4v) is 5.19. The van der Waals surface area contributed by atoms with E-state index in [2.05, 4.69) is 13.5 Å². The molecule has 3 fully saturated rings. The van der Waals surface area contributed by atoms with Gasteiger partial charge in [-0.1, -0.05) is 19.1 Å². The molecule has 0 bridgehead atoms. The molecule has 19 heavy (non-hydrogen) atoms.